The molecule has 0 aromatic heterocycles. The molecule has 0 saturated carbocycles. The topological polar surface area (TPSA) is 55.1 Å². The molecular formula is C17H28N2O. The van der Waals surface area contributed by atoms with Crippen LogP contribution in [0, 0.1) is 0 Å². The van der Waals surface area contributed by atoms with Crippen LogP contribution in [0.25, 0.3) is 0 Å². The van der Waals surface area contributed by atoms with Gasteiger partial charge in [-0.1, -0.05) is 44.7 Å². The molecule has 3 N–H and O–H groups in total. The van der Waals surface area contributed by atoms with E-state index in [4.69, 9.17) is 5.73 Å². The van der Waals surface area contributed by atoms with Gasteiger partial charge in [0.15, 0.2) is 0 Å². The van der Waals surface area contributed by atoms with Gasteiger partial charge in [-0.25, -0.2) is 0 Å². The number of rotatable bonds is 10. The summed E-state index contributed by atoms with van der Waals surface area (Å²) in [7, 11) is 0. The molecule has 0 fully saturated rings. The second-order valence-corrected chi connectivity index (χ2v) is 5.30. The van der Waals surface area contributed by atoms with Crippen LogP contribution >= 0.6 is 0 Å². The standard InChI is InChI=1S/C17H28N2O/c1-2-3-4-5-6-8-15-10-12-16(13-11-15)19-17(20)9-7-14-18/h10-13H,2-9,14,18H2,1H3,(H,19,20). The summed E-state index contributed by atoms with van der Waals surface area (Å²) >= 11 is 0. The lowest BCUT2D eigenvalue weighted by molar-refractivity contribution is -0.116. The Morgan fingerprint density at radius 1 is 1.05 bits per heavy atom. The summed E-state index contributed by atoms with van der Waals surface area (Å²) in [5, 5.41) is 2.89. The van der Waals surface area contributed by atoms with Gasteiger partial charge in [0.25, 0.3) is 0 Å². The molecule has 0 aliphatic heterocycles. The molecule has 0 saturated heterocycles. The number of anilines is 1. The summed E-state index contributed by atoms with van der Waals surface area (Å²) in [4.78, 5) is 11.6. The smallest absolute Gasteiger partial charge is 0.224 e. The van der Waals surface area contributed by atoms with E-state index in [0.717, 1.165) is 18.5 Å². The Bertz CT molecular complexity index is 373. The molecule has 0 spiro atoms. The van der Waals surface area contributed by atoms with Gasteiger partial charge in [0.05, 0.1) is 0 Å². The molecule has 3 nitrogen and oxygen atoms in total. The molecule has 0 unspecified atom stereocenters. The average Bonchev–Trinajstić information content (AvgIpc) is 2.46. The monoisotopic (exact) mass is 276 g/mol. The molecule has 0 heterocycles. The first-order valence-electron chi connectivity index (χ1n) is 7.85. The SMILES string of the molecule is CCCCCCCc1ccc(NC(=O)CCCN)cc1. The van der Waals surface area contributed by atoms with Crippen LogP contribution in [0.4, 0.5) is 5.69 Å². The number of aryl methyl sites for hydroxylation is 1. The fraction of sp³-hybridized carbons (Fsp3) is 0.588. The highest BCUT2D eigenvalue weighted by Crippen LogP contribution is 2.13. The van der Waals surface area contributed by atoms with E-state index < -0.39 is 0 Å². The van der Waals surface area contributed by atoms with Crippen molar-refractivity contribution in [1.82, 2.24) is 0 Å². The van der Waals surface area contributed by atoms with E-state index in [1.807, 2.05) is 12.1 Å². The predicted molar refractivity (Wildman–Crippen MR) is 85.8 cm³/mol. The molecular weight excluding hydrogens is 248 g/mol. The van der Waals surface area contributed by atoms with Crippen molar-refractivity contribution in [3.8, 4) is 0 Å². The van der Waals surface area contributed by atoms with Crippen molar-refractivity contribution < 1.29 is 4.79 Å². The van der Waals surface area contributed by atoms with Crippen LogP contribution in [0.5, 0.6) is 0 Å². The zero-order valence-electron chi connectivity index (χ0n) is 12.7. The van der Waals surface area contributed by atoms with Crippen molar-refractivity contribution in [1.29, 1.82) is 0 Å². The number of carbonyl (C=O) groups is 1. The molecule has 0 aliphatic carbocycles. The second-order valence-electron chi connectivity index (χ2n) is 5.30. The van der Waals surface area contributed by atoms with E-state index in [1.165, 1.54) is 37.7 Å². The van der Waals surface area contributed by atoms with Crippen molar-refractivity contribution in [3.63, 3.8) is 0 Å². The Balaban J connectivity index is 2.27. The van der Waals surface area contributed by atoms with Gasteiger partial charge in [-0.15, -0.1) is 0 Å². The number of hydrogen-bond donors (Lipinski definition) is 2. The van der Waals surface area contributed by atoms with Crippen LogP contribution in [0.3, 0.4) is 0 Å². The van der Waals surface area contributed by atoms with E-state index in [1.54, 1.807) is 0 Å². The van der Waals surface area contributed by atoms with Crippen LogP contribution in [0.15, 0.2) is 24.3 Å². The van der Waals surface area contributed by atoms with Crippen molar-refractivity contribution in [3.05, 3.63) is 29.8 Å². The number of carbonyl (C=O) groups excluding carboxylic acids is 1. The van der Waals surface area contributed by atoms with Crippen LogP contribution in [-0.2, 0) is 11.2 Å². The third kappa shape index (κ3) is 7.29. The molecule has 0 aliphatic rings. The Morgan fingerprint density at radius 2 is 1.75 bits per heavy atom. The molecule has 1 aromatic carbocycles. The van der Waals surface area contributed by atoms with Gasteiger partial charge in [-0.05, 0) is 43.5 Å². The Labute approximate surface area is 122 Å². The van der Waals surface area contributed by atoms with Crippen LogP contribution in [-0.4, -0.2) is 12.5 Å². The lowest BCUT2D eigenvalue weighted by Crippen LogP contribution is -2.13. The number of benzene rings is 1. The molecule has 20 heavy (non-hydrogen) atoms. The molecule has 0 bridgehead atoms. The number of unbranched alkanes of at least 4 members (excludes halogenated alkanes) is 4. The first-order valence-corrected chi connectivity index (χ1v) is 7.85. The van der Waals surface area contributed by atoms with E-state index in [9.17, 15) is 4.79 Å². The van der Waals surface area contributed by atoms with E-state index in [0.29, 0.717) is 13.0 Å². The lowest BCUT2D eigenvalue weighted by atomic mass is 10.1. The lowest BCUT2D eigenvalue weighted by Gasteiger charge is -2.06. The Hall–Kier alpha value is -1.35. The molecule has 112 valence electrons. The van der Waals surface area contributed by atoms with Gasteiger partial charge in [0.1, 0.15) is 0 Å². The van der Waals surface area contributed by atoms with E-state index in [2.05, 4.69) is 24.4 Å². The highest BCUT2D eigenvalue weighted by molar-refractivity contribution is 5.90. The number of hydrogen-bond acceptors (Lipinski definition) is 2. The minimum Gasteiger partial charge on any atom is -0.330 e. The highest BCUT2D eigenvalue weighted by atomic mass is 16.1. The Kier molecular flexibility index (Phi) is 8.72. The quantitative estimate of drug-likeness (QED) is 0.637. The fourth-order valence-corrected chi connectivity index (χ4v) is 2.17. The zero-order valence-corrected chi connectivity index (χ0v) is 12.7. The first kappa shape index (κ1) is 16.7. The number of nitrogens with one attached hydrogen (secondary N) is 1. The van der Waals surface area contributed by atoms with Crippen molar-refractivity contribution >= 4 is 11.6 Å². The Morgan fingerprint density at radius 3 is 2.40 bits per heavy atom. The van der Waals surface area contributed by atoms with Crippen molar-refractivity contribution in [2.75, 3.05) is 11.9 Å². The van der Waals surface area contributed by atoms with Gasteiger partial charge < -0.3 is 11.1 Å². The summed E-state index contributed by atoms with van der Waals surface area (Å²) < 4.78 is 0. The highest BCUT2D eigenvalue weighted by Gasteiger charge is 2.01. The van der Waals surface area contributed by atoms with E-state index in [-0.39, 0.29) is 5.91 Å². The van der Waals surface area contributed by atoms with Gasteiger partial charge in [-0.2, -0.15) is 0 Å². The number of nitrogens with two attached hydrogens (primary N) is 1. The van der Waals surface area contributed by atoms with Crippen LogP contribution in [0.1, 0.15) is 57.4 Å². The molecule has 0 atom stereocenters. The summed E-state index contributed by atoms with van der Waals surface area (Å²) in [6, 6.07) is 8.19. The molecule has 1 aromatic rings. The van der Waals surface area contributed by atoms with Crippen molar-refractivity contribution in [2.24, 2.45) is 5.73 Å². The summed E-state index contributed by atoms with van der Waals surface area (Å²) in [5.74, 6) is 0.0442. The molecule has 3 heteroatoms. The maximum atomic E-state index is 11.6. The minimum absolute atomic E-state index is 0.0442. The molecule has 1 rings (SSSR count). The largest absolute Gasteiger partial charge is 0.330 e. The van der Waals surface area contributed by atoms with Gasteiger partial charge in [-0.3, -0.25) is 4.79 Å². The first-order chi connectivity index (χ1) is 9.76. The maximum Gasteiger partial charge on any atom is 0.224 e. The molecule has 0 radical (unpaired) electrons. The summed E-state index contributed by atoms with van der Waals surface area (Å²) in [6.07, 6.45) is 8.90. The fourth-order valence-electron chi connectivity index (χ4n) is 2.17. The van der Waals surface area contributed by atoms with Crippen LogP contribution in [0.2, 0.25) is 0 Å². The normalized spacial score (nSPS) is 10.5. The third-order valence-electron chi connectivity index (χ3n) is 3.41. The average molecular weight is 276 g/mol. The van der Waals surface area contributed by atoms with Crippen molar-refractivity contribution in [2.45, 2.75) is 58.3 Å². The minimum atomic E-state index is 0.0442. The van der Waals surface area contributed by atoms with Gasteiger partial charge >= 0.3 is 0 Å². The number of amides is 1. The maximum absolute atomic E-state index is 11.6. The van der Waals surface area contributed by atoms with E-state index >= 15 is 0 Å². The van der Waals surface area contributed by atoms with Gasteiger partial charge in [0, 0.05) is 12.1 Å². The van der Waals surface area contributed by atoms with Crippen LogP contribution < -0.4 is 11.1 Å². The molecule has 1 amide bonds. The zero-order chi connectivity index (χ0) is 14.6. The second kappa shape index (κ2) is 10.4. The third-order valence-corrected chi connectivity index (χ3v) is 3.41. The summed E-state index contributed by atoms with van der Waals surface area (Å²) in [6.45, 7) is 2.80. The van der Waals surface area contributed by atoms with Gasteiger partial charge in [0.2, 0.25) is 5.91 Å². The predicted octanol–water partition coefficient (Wildman–Crippen LogP) is 3.88. The summed E-state index contributed by atoms with van der Waals surface area (Å²) in [5.41, 5.74) is 7.61.